The maximum absolute atomic E-state index is 6.21. The Bertz CT molecular complexity index is 430. The average Bonchev–Trinajstić information content (AvgIpc) is 2.31. The van der Waals surface area contributed by atoms with E-state index in [9.17, 15) is 0 Å². The summed E-state index contributed by atoms with van der Waals surface area (Å²) in [5.41, 5.74) is 1.18. The van der Waals surface area contributed by atoms with Gasteiger partial charge in [0, 0.05) is 10.0 Å². The van der Waals surface area contributed by atoms with Gasteiger partial charge in [-0.2, -0.15) is 0 Å². The summed E-state index contributed by atoms with van der Waals surface area (Å²) in [7, 11) is 0. The molecule has 1 aromatic carbocycles. The van der Waals surface area contributed by atoms with Crippen LogP contribution >= 0.6 is 15.9 Å². The van der Waals surface area contributed by atoms with Gasteiger partial charge in [-0.15, -0.1) is 0 Å². The van der Waals surface area contributed by atoms with Crippen molar-refractivity contribution in [2.75, 3.05) is 0 Å². The van der Waals surface area contributed by atoms with Crippen LogP contribution in [0.25, 0.3) is 6.08 Å². The van der Waals surface area contributed by atoms with Gasteiger partial charge < -0.3 is 4.74 Å². The Hall–Kier alpha value is -0.760. The lowest BCUT2D eigenvalue weighted by Crippen LogP contribution is -2.37. The quantitative estimate of drug-likeness (QED) is 0.676. The third-order valence-corrected chi connectivity index (χ3v) is 4.04. The number of fused-ring (bicyclic) bond motifs is 1. The first-order chi connectivity index (χ1) is 7.77. The molecule has 0 radical (unpaired) electrons. The predicted molar refractivity (Wildman–Crippen MR) is 69.6 cm³/mol. The summed E-state index contributed by atoms with van der Waals surface area (Å²) < 4.78 is 7.32. The topological polar surface area (TPSA) is 9.23 Å². The van der Waals surface area contributed by atoms with Gasteiger partial charge in [-0.25, -0.2) is 0 Å². The number of rotatable bonds is 0. The fourth-order valence-corrected chi connectivity index (χ4v) is 3.03. The van der Waals surface area contributed by atoms with Crippen LogP contribution in [0.4, 0.5) is 0 Å². The van der Waals surface area contributed by atoms with Crippen molar-refractivity contribution in [1.29, 1.82) is 0 Å². The smallest absolute Gasteiger partial charge is 0.127 e. The summed E-state index contributed by atoms with van der Waals surface area (Å²) in [6, 6.07) is 6.23. The predicted octanol–water partition coefficient (Wildman–Crippen LogP) is 4.56. The maximum atomic E-state index is 6.21. The fraction of sp³-hybridized carbons (Fsp3) is 0.429. The molecule has 0 saturated heterocycles. The van der Waals surface area contributed by atoms with E-state index >= 15 is 0 Å². The second-order valence-corrected chi connectivity index (χ2v) is 5.66. The standard InChI is InChI=1S/C14H15BrO/c15-12-4-5-13-11(10-12)6-9-14(16-13)7-2-1-3-8-14/h4-6,9-10H,1-3,7-8H2. The summed E-state index contributed by atoms with van der Waals surface area (Å²) in [5, 5.41) is 0. The molecule has 3 rings (SSSR count). The zero-order valence-electron chi connectivity index (χ0n) is 9.21. The highest BCUT2D eigenvalue weighted by Crippen LogP contribution is 2.40. The second kappa shape index (κ2) is 3.92. The molecule has 0 amide bonds. The highest BCUT2D eigenvalue weighted by Gasteiger charge is 2.33. The molecule has 2 heteroatoms. The molecular weight excluding hydrogens is 264 g/mol. The number of benzene rings is 1. The minimum Gasteiger partial charge on any atom is -0.483 e. The van der Waals surface area contributed by atoms with E-state index in [0.29, 0.717) is 0 Å². The molecule has 1 heterocycles. The summed E-state index contributed by atoms with van der Waals surface area (Å²) in [4.78, 5) is 0. The van der Waals surface area contributed by atoms with Crippen molar-refractivity contribution in [2.24, 2.45) is 0 Å². The summed E-state index contributed by atoms with van der Waals surface area (Å²) in [6.07, 6.45) is 10.7. The molecule has 0 aromatic heterocycles. The Kier molecular flexibility index (Phi) is 2.55. The first-order valence-electron chi connectivity index (χ1n) is 5.95. The van der Waals surface area contributed by atoms with Crippen molar-refractivity contribution in [2.45, 2.75) is 37.7 Å². The van der Waals surface area contributed by atoms with Crippen LogP contribution in [-0.2, 0) is 0 Å². The zero-order valence-corrected chi connectivity index (χ0v) is 10.8. The van der Waals surface area contributed by atoms with E-state index < -0.39 is 0 Å². The van der Waals surface area contributed by atoms with E-state index in [1.165, 1.54) is 37.7 Å². The molecule has 1 saturated carbocycles. The Morgan fingerprint density at radius 1 is 1.12 bits per heavy atom. The van der Waals surface area contributed by atoms with Crippen LogP contribution in [0.5, 0.6) is 5.75 Å². The van der Waals surface area contributed by atoms with Gasteiger partial charge in [-0.05, 0) is 50.0 Å². The lowest BCUT2D eigenvalue weighted by Gasteiger charge is -2.38. The molecule has 0 unspecified atom stereocenters. The summed E-state index contributed by atoms with van der Waals surface area (Å²) >= 11 is 3.49. The summed E-state index contributed by atoms with van der Waals surface area (Å²) in [5.74, 6) is 1.03. The fourth-order valence-electron chi connectivity index (χ4n) is 2.66. The Morgan fingerprint density at radius 3 is 2.75 bits per heavy atom. The van der Waals surface area contributed by atoms with Crippen LogP contribution < -0.4 is 4.74 Å². The minimum absolute atomic E-state index is 0.000913. The lowest BCUT2D eigenvalue weighted by molar-refractivity contribution is 0.0752. The van der Waals surface area contributed by atoms with E-state index in [1.807, 2.05) is 0 Å². The van der Waals surface area contributed by atoms with E-state index in [1.54, 1.807) is 0 Å². The van der Waals surface area contributed by atoms with Gasteiger partial charge in [0.2, 0.25) is 0 Å². The van der Waals surface area contributed by atoms with E-state index in [2.05, 4.69) is 46.3 Å². The lowest BCUT2D eigenvalue weighted by atomic mass is 9.83. The molecule has 1 nitrogen and oxygen atoms in total. The molecule has 84 valence electrons. The normalized spacial score (nSPS) is 21.6. The SMILES string of the molecule is Brc1ccc2c(c1)C=CC1(CCCCC1)O2. The zero-order chi connectivity index (χ0) is 11.0. The van der Waals surface area contributed by atoms with Crippen molar-refractivity contribution >= 4 is 22.0 Å². The molecule has 1 aliphatic carbocycles. The second-order valence-electron chi connectivity index (χ2n) is 4.74. The number of ether oxygens (including phenoxy) is 1. The average molecular weight is 279 g/mol. The Labute approximate surface area is 105 Å². The molecule has 2 aliphatic rings. The van der Waals surface area contributed by atoms with Crippen LogP contribution in [0.1, 0.15) is 37.7 Å². The van der Waals surface area contributed by atoms with Gasteiger partial charge >= 0.3 is 0 Å². The Morgan fingerprint density at radius 2 is 1.94 bits per heavy atom. The van der Waals surface area contributed by atoms with E-state index in [-0.39, 0.29) is 5.60 Å². The van der Waals surface area contributed by atoms with Gasteiger partial charge in [-0.1, -0.05) is 28.4 Å². The third kappa shape index (κ3) is 1.80. The van der Waals surface area contributed by atoms with E-state index in [0.717, 1.165) is 10.2 Å². The molecule has 1 aliphatic heterocycles. The highest BCUT2D eigenvalue weighted by molar-refractivity contribution is 9.10. The van der Waals surface area contributed by atoms with Crippen molar-refractivity contribution in [3.05, 3.63) is 34.3 Å². The van der Waals surface area contributed by atoms with Crippen LogP contribution in [0, 0.1) is 0 Å². The van der Waals surface area contributed by atoms with Crippen LogP contribution in [-0.4, -0.2) is 5.60 Å². The van der Waals surface area contributed by atoms with Crippen LogP contribution in [0.3, 0.4) is 0 Å². The van der Waals surface area contributed by atoms with Crippen LogP contribution in [0.2, 0.25) is 0 Å². The molecule has 1 spiro atoms. The van der Waals surface area contributed by atoms with Crippen molar-refractivity contribution in [1.82, 2.24) is 0 Å². The first kappa shape index (κ1) is 10.4. The monoisotopic (exact) mass is 278 g/mol. The van der Waals surface area contributed by atoms with Crippen molar-refractivity contribution in [3.8, 4) is 5.75 Å². The molecule has 1 aromatic rings. The van der Waals surface area contributed by atoms with Gasteiger partial charge in [0.15, 0.2) is 0 Å². The Balaban J connectivity index is 1.94. The number of halogens is 1. The summed E-state index contributed by atoms with van der Waals surface area (Å²) in [6.45, 7) is 0. The van der Waals surface area contributed by atoms with Gasteiger partial charge in [0.1, 0.15) is 11.4 Å². The molecule has 0 bridgehead atoms. The molecular formula is C14H15BrO. The van der Waals surface area contributed by atoms with Gasteiger partial charge in [0.05, 0.1) is 0 Å². The first-order valence-corrected chi connectivity index (χ1v) is 6.75. The third-order valence-electron chi connectivity index (χ3n) is 3.55. The molecule has 1 fully saturated rings. The molecule has 0 atom stereocenters. The van der Waals surface area contributed by atoms with Gasteiger partial charge in [0.25, 0.3) is 0 Å². The highest BCUT2D eigenvalue weighted by atomic mass is 79.9. The largest absolute Gasteiger partial charge is 0.483 e. The van der Waals surface area contributed by atoms with E-state index in [4.69, 9.17) is 4.74 Å². The number of hydrogen-bond donors (Lipinski definition) is 0. The van der Waals surface area contributed by atoms with Crippen molar-refractivity contribution in [3.63, 3.8) is 0 Å². The minimum atomic E-state index is -0.000913. The molecule has 16 heavy (non-hydrogen) atoms. The van der Waals surface area contributed by atoms with Gasteiger partial charge in [-0.3, -0.25) is 0 Å². The van der Waals surface area contributed by atoms with Crippen molar-refractivity contribution < 1.29 is 4.74 Å². The van der Waals surface area contributed by atoms with Crippen LogP contribution in [0.15, 0.2) is 28.7 Å². The molecule has 0 N–H and O–H groups in total. The maximum Gasteiger partial charge on any atom is 0.127 e. The number of hydrogen-bond acceptors (Lipinski definition) is 1.